The molecule has 1 unspecified atom stereocenters. The maximum atomic E-state index is 12.6. The summed E-state index contributed by atoms with van der Waals surface area (Å²) in [6.07, 6.45) is -0.751. The number of ether oxygens (including phenoxy) is 2. The zero-order valence-corrected chi connectivity index (χ0v) is 15.9. The van der Waals surface area contributed by atoms with Crippen LogP contribution in [0.15, 0.2) is 65.1 Å². The average Bonchev–Trinajstić information content (AvgIpc) is 3.11. The van der Waals surface area contributed by atoms with Gasteiger partial charge in [0, 0.05) is 16.8 Å². The number of nitrogens with zero attached hydrogens (tertiary/aromatic N) is 1. The van der Waals surface area contributed by atoms with Crippen LogP contribution in [-0.2, 0) is 4.79 Å². The molecule has 6 heteroatoms. The highest BCUT2D eigenvalue weighted by atomic mass is 16.5. The quantitative estimate of drug-likeness (QED) is 0.529. The largest absolute Gasteiger partial charge is 0.495 e. The number of rotatable bonds is 5. The Hall–Kier alpha value is -3.98. The molecule has 0 aliphatic heterocycles. The second kappa shape index (κ2) is 7.56. The van der Waals surface area contributed by atoms with Gasteiger partial charge >= 0.3 is 0 Å². The number of nitriles is 1. The van der Waals surface area contributed by atoms with Crippen LogP contribution in [0.25, 0.3) is 21.9 Å². The Morgan fingerprint density at radius 3 is 2.55 bits per heavy atom. The molecule has 0 aliphatic rings. The smallest absolute Gasteiger partial charge is 0.265 e. The molecular formula is C23H18N2O4. The van der Waals surface area contributed by atoms with Gasteiger partial charge in [-0.15, -0.1) is 0 Å². The van der Waals surface area contributed by atoms with Gasteiger partial charge in [-0.05, 0) is 43.3 Å². The predicted molar refractivity (Wildman–Crippen MR) is 110 cm³/mol. The van der Waals surface area contributed by atoms with Gasteiger partial charge in [0.15, 0.2) is 6.10 Å². The van der Waals surface area contributed by atoms with Crippen LogP contribution in [-0.4, -0.2) is 19.1 Å². The highest BCUT2D eigenvalue weighted by Crippen LogP contribution is 2.36. The molecule has 29 heavy (non-hydrogen) atoms. The van der Waals surface area contributed by atoms with E-state index in [0.29, 0.717) is 28.3 Å². The lowest BCUT2D eigenvalue weighted by atomic mass is 10.1. The van der Waals surface area contributed by atoms with Gasteiger partial charge in [0.1, 0.15) is 22.7 Å². The van der Waals surface area contributed by atoms with E-state index in [2.05, 4.69) is 5.32 Å². The van der Waals surface area contributed by atoms with Crippen molar-refractivity contribution in [1.82, 2.24) is 0 Å². The molecule has 0 saturated heterocycles. The SMILES string of the molecule is COc1cc2c(cc1NC(=O)C(C)Oc1ccc(C#N)cc1)oc1ccccc12. The van der Waals surface area contributed by atoms with Crippen molar-refractivity contribution >= 4 is 33.5 Å². The third-order valence-electron chi connectivity index (χ3n) is 4.62. The summed E-state index contributed by atoms with van der Waals surface area (Å²) in [7, 11) is 1.55. The van der Waals surface area contributed by atoms with Crippen molar-refractivity contribution in [3.63, 3.8) is 0 Å². The second-order valence-corrected chi connectivity index (χ2v) is 6.53. The first-order valence-corrected chi connectivity index (χ1v) is 9.06. The Balaban J connectivity index is 1.57. The Kier molecular flexibility index (Phi) is 4.80. The van der Waals surface area contributed by atoms with Crippen LogP contribution in [0.5, 0.6) is 11.5 Å². The van der Waals surface area contributed by atoms with E-state index in [-0.39, 0.29) is 5.91 Å². The topological polar surface area (TPSA) is 84.5 Å². The Bertz CT molecular complexity index is 1240. The number of methoxy groups -OCH3 is 1. The number of benzene rings is 3. The van der Waals surface area contributed by atoms with E-state index in [9.17, 15) is 4.79 Å². The number of nitrogens with one attached hydrogen (secondary N) is 1. The summed E-state index contributed by atoms with van der Waals surface area (Å²) in [5, 5.41) is 13.6. The predicted octanol–water partition coefficient (Wildman–Crippen LogP) is 4.87. The molecule has 3 aromatic carbocycles. The van der Waals surface area contributed by atoms with Gasteiger partial charge in [-0.3, -0.25) is 4.79 Å². The van der Waals surface area contributed by atoms with Gasteiger partial charge in [0.2, 0.25) is 0 Å². The number of amides is 1. The number of hydrogen-bond donors (Lipinski definition) is 1. The zero-order valence-electron chi connectivity index (χ0n) is 15.9. The molecule has 4 aromatic rings. The number of anilines is 1. The fourth-order valence-corrected chi connectivity index (χ4v) is 3.12. The molecule has 0 spiro atoms. The van der Waals surface area contributed by atoms with Crippen molar-refractivity contribution in [3.05, 3.63) is 66.2 Å². The average molecular weight is 386 g/mol. The zero-order chi connectivity index (χ0) is 20.4. The molecule has 1 atom stereocenters. The third-order valence-corrected chi connectivity index (χ3v) is 4.62. The number of para-hydroxylation sites is 1. The van der Waals surface area contributed by atoms with Crippen LogP contribution in [0.3, 0.4) is 0 Å². The van der Waals surface area contributed by atoms with Gasteiger partial charge < -0.3 is 19.2 Å². The summed E-state index contributed by atoms with van der Waals surface area (Å²) in [6.45, 7) is 1.65. The first kappa shape index (κ1) is 18.4. The standard InChI is InChI=1S/C23H18N2O4/c1-14(28-16-9-7-15(13-24)8-10-16)23(26)25-19-12-21-18(11-22(19)27-2)17-5-3-4-6-20(17)29-21/h3-12,14H,1-2H3,(H,25,26). The maximum Gasteiger partial charge on any atom is 0.265 e. The summed E-state index contributed by atoms with van der Waals surface area (Å²) < 4.78 is 17.0. The van der Waals surface area contributed by atoms with Gasteiger partial charge in [0.25, 0.3) is 5.91 Å². The molecule has 1 amide bonds. The van der Waals surface area contributed by atoms with E-state index in [1.807, 2.05) is 36.4 Å². The molecule has 1 aromatic heterocycles. The highest BCUT2D eigenvalue weighted by molar-refractivity contribution is 6.08. The van der Waals surface area contributed by atoms with Crippen molar-refractivity contribution < 1.29 is 18.7 Å². The summed E-state index contributed by atoms with van der Waals surface area (Å²) >= 11 is 0. The van der Waals surface area contributed by atoms with Crippen LogP contribution in [0.1, 0.15) is 12.5 Å². The molecule has 1 heterocycles. The molecule has 0 saturated carbocycles. The van der Waals surface area contributed by atoms with Gasteiger partial charge in [-0.1, -0.05) is 18.2 Å². The first-order valence-electron chi connectivity index (χ1n) is 9.06. The summed E-state index contributed by atoms with van der Waals surface area (Å²) in [5.41, 5.74) is 2.45. The number of carbonyl (C=O) groups excluding carboxylic acids is 1. The van der Waals surface area contributed by atoms with Crippen molar-refractivity contribution in [3.8, 4) is 17.6 Å². The number of fused-ring (bicyclic) bond motifs is 3. The summed E-state index contributed by atoms with van der Waals surface area (Å²) in [5.74, 6) is 0.706. The number of hydrogen-bond acceptors (Lipinski definition) is 5. The minimum Gasteiger partial charge on any atom is -0.495 e. The lowest BCUT2D eigenvalue weighted by molar-refractivity contribution is -0.122. The van der Waals surface area contributed by atoms with Crippen molar-refractivity contribution in [2.75, 3.05) is 12.4 Å². The van der Waals surface area contributed by atoms with Crippen LogP contribution in [0.4, 0.5) is 5.69 Å². The van der Waals surface area contributed by atoms with E-state index in [4.69, 9.17) is 19.2 Å². The molecule has 0 fully saturated rings. The molecule has 0 radical (unpaired) electrons. The van der Waals surface area contributed by atoms with Crippen LogP contribution < -0.4 is 14.8 Å². The Labute approximate surface area is 167 Å². The third kappa shape index (κ3) is 3.58. The van der Waals surface area contributed by atoms with Crippen LogP contribution in [0, 0.1) is 11.3 Å². The molecular weight excluding hydrogens is 368 g/mol. The molecule has 0 aliphatic carbocycles. The van der Waals surface area contributed by atoms with Gasteiger partial charge in [-0.2, -0.15) is 5.26 Å². The van der Waals surface area contributed by atoms with Crippen LogP contribution >= 0.6 is 0 Å². The van der Waals surface area contributed by atoms with Crippen molar-refractivity contribution in [2.45, 2.75) is 13.0 Å². The fraction of sp³-hybridized carbons (Fsp3) is 0.130. The monoisotopic (exact) mass is 386 g/mol. The minimum atomic E-state index is -0.751. The van der Waals surface area contributed by atoms with E-state index >= 15 is 0 Å². The molecule has 6 nitrogen and oxygen atoms in total. The molecule has 4 rings (SSSR count). The number of furan rings is 1. The Morgan fingerprint density at radius 1 is 1.07 bits per heavy atom. The highest BCUT2D eigenvalue weighted by Gasteiger charge is 2.19. The second-order valence-electron chi connectivity index (χ2n) is 6.53. The molecule has 1 N–H and O–H groups in total. The molecule has 144 valence electrons. The summed E-state index contributed by atoms with van der Waals surface area (Å²) in [6, 6.07) is 20.0. The minimum absolute atomic E-state index is 0.330. The van der Waals surface area contributed by atoms with Crippen molar-refractivity contribution in [1.29, 1.82) is 5.26 Å². The molecule has 0 bridgehead atoms. The Morgan fingerprint density at radius 2 is 1.83 bits per heavy atom. The number of carbonyl (C=O) groups is 1. The van der Waals surface area contributed by atoms with Crippen molar-refractivity contribution in [2.24, 2.45) is 0 Å². The fourth-order valence-electron chi connectivity index (χ4n) is 3.12. The maximum absolute atomic E-state index is 12.6. The van der Waals surface area contributed by atoms with E-state index < -0.39 is 6.10 Å². The van der Waals surface area contributed by atoms with E-state index in [1.54, 1.807) is 44.4 Å². The van der Waals surface area contributed by atoms with E-state index in [0.717, 1.165) is 16.4 Å². The van der Waals surface area contributed by atoms with Gasteiger partial charge in [-0.25, -0.2) is 0 Å². The normalized spacial score (nSPS) is 11.8. The lowest BCUT2D eigenvalue weighted by Crippen LogP contribution is -2.30. The lowest BCUT2D eigenvalue weighted by Gasteiger charge is -2.16. The first-order chi connectivity index (χ1) is 14.1. The van der Waals surface area contributed by atoms with E-state index in [1.165, 1.54) is 0 Å². The van der Waals surface area contributed by atoms with Crippen LogP contribution in [0.2, 0.25) is 0 Å². The summed E-state index contributed by atoms with van der Waals surface area (Å²) in [4.78, 5) is 12.6. The van der Waals surface area contributed by atoms with Gasteiger partial charge in [0.05, 0.1) is 24.4 Å².